The van der Waals surface area contributed by atoms with E-state index in [-0.39, 0.29) is 17.0 Å². The molecule has 0 fully saturated rings. The number of hydrogen-bond acceptors (Lipinski definition) is 1. The van der Waals surface area contributed by atoms with Gasteiger partial charge in [-0.05, 0) is 48.5 Å². The molecule has 0 atom stereocenters. The van der Waals surface area contributed by atoms with Gasteiger partial charge >= 0.3 is 0 Å². The summed E-state index contributed by atoms with van der Waals surface area (Å²) in [6, 6.07) is 37.8. The molecular formula is C28H21BrF2NP. The summed E-state index contributed by atoms with van der Waals surface area (Å²) < 4.78 is 27.6. The van der Waals surface area contributed by atoms with Crippen molar-refractivity contribution in [2.45, 2.75) is 6.16 Å². The second-order valence-electron chi connectivity index (χ2n) is 7.74. The summed E-state index contributed by atoms with van der Waals surface area (Å²) in [7, 11) is -2.10. The second kappa shape index (κ2) is 9.91. The van der Waals surface area contributed by atoms with Crippen LogP contribution in [0, 0.1) is 11.6 Å². The highest BCUT2D eigenvalue weighted by Gasteiger charge is 2.45. The third-order valence-corrected chi connectivity index (χ3v) is 10.1. The fourth-order valence-corrected chi connectivity index (χ4v) is 8.41. The van der Waals surface area contributed by atoms with Gasteiger partial charge in [-0.25, -0.2) is 13.8 Å². The van der Waals surface area contributed by atoms with Gasteiger partial charge in [0.15, 0.2) is 11.6 Å². The molecule has 4 aromatic carbocycles. The molecule has 5 aromatic rings. The highest BCUT2D eigenvalue weighted by molar-refractivity contribution is 7.95. The summed E-state index contributed by atoms with van der Waals surface area (Å²) in [6.45, 7) is 0. The molecule has 5 heteroatoms. The van der Waals surface area contributed by atoms with Gasteiger partial charge in [-0.3, -0.25) is 0 Å². The maximum atomic E-state index is 13.9. The summed E-state index contributed by atoms with van der Waals surface area (Å²) in [5.74, 6) is -1.73. The molecule has 0 aliphatic rings. The molecule has 1 aromatic heterocycles. The van der Waals surface area contributed by atoms with Crippen molar-refractivity contribution < 1.29 is 25.8 Å². The maximum Gasteiger partial charge on any atom is 0.161 e. The topological polar surface area (TPSA) is 12.9 Å². The van der Waals surface area contributed by atoms with Crippen LogP contribution in [0.1, 0.15) is 5.69 Å². The Morgan fingerprint density at radius 2 is 1.03 bits per heavy atom. The molecule has 0 aliphatic carbocycles. The predicted molar refractivity (Wildman–Crippen MR) is 131 cm³/mol. The summed E-state index contributed by atoms with van der Waals surface area (Å²) in [5, 5.41) is 4.36. The van der Waals surface area contributed by atoms with Crippen LogP contribution in [0.25, 0.3) is 10.9 Å². The third kappa shape index (κ3) is 4.46. The third-order valence-electron chi connectivity index (χ3n) is 5.78. The number of rotatable bonds is 5. The number of fused-ring (bicyclic) bond motifs is 1. The zero-order valence-corrected chi connectivity index (χ0v) is 20.2. The number of hydrogen-bond donors (Lipinski definition) is 0. The average Bonchev–Trinajstić information content (AvgIpc) is 2.85. The van der Waals surface area contributed by atoms with Crippen molar-refractivity contribution in [2.75, 3.05) is 0 Å². The van der Waals surface area contributed by atoms with Crippen molar-refractivity contribution in [1.29, 1.82) is 0 Å². The molecule has 33 heavy (non-hydrogen) atoms. The van der Waals surface area contributed by atoms with Crippen LogP contribution in [0.3, 0.4) is 0 Å². The lowest BCUT2D eigenvalue weighted by molar-refractivity contribution is -0.00000735. The molecule has 0 amide bonds. The molecule has 0 unspecified atom stereocenters. The minimum atomic E-state index is -2.10. The highest BCUT2D eigenvalue weighted by atomic mass is 79.9. The van der Waals surface area contributed by atoms with Crippen LogP contribution in [0.4, 0.5) is 8.78 Å². The monoisotopic (exact) mass is 519 g/mol. The van der Waals surface area contributed by atoms with Crippen molar-refractivity contribution >= 4 is 34.1 Å². The summed E-state index contributed by atoms with van der Waals surface area (Å²) in [5.41, 5.74) is 1.32. The molecule has 0 spiro atoms. The molecule has 0 bridgehead atoms. The van der Waals surface area contributed by atoms with E-state index in [9.17, 15) is 8.78 Å². The van der Waals surface area contributed by atoms with Gasteiger partial charge in [0.1, 0.15) is 29.3 Å². The molecule has 0 radical (unpaired) electrons. The van der Waals surface area contributed by atoms with Crippen LogP contribution in [-0.2, 0) is 6.16 Å². The predicted octanol–water partition coefficient (Wildman–Crippen LogP) is 3.01. The van der Waals surface area contributed by atoms with E-state index in [1.165, 1.54) is 28.0 Å². The smallest absolute Gasteiger partial charge is 0.161 e. The van der Waals surface area contributed by atoms with Gasteiger partial charge < -0.3 is 17.0 Å². The number of benzene rings is 4. The molecule has 1 heterocycles. The first-order valence-electron chi connectivity index (χ1n) is 10.5. The van der Waals surface area contributed by atoms with Gasteiger partial charge in [0.2, 0.25) is 0 Å². The fraction of sp³-hybridized carbons (Fsp3) is 0.0357. The van der Waals surface area contributed by atoms with Crippen LogP contribution in [0.2, 0.25) is 0 Å². The molecule has 5 rings (SSSR count). The Bertz CT molecular complexity index is 1270. The number of aromatic nitrogens is 1. The van der Waals surface area contributed by atoms with E-state index in [4.69, 9.17) is 4.98 Å². The Hall–Kier alpha value is -2.94. The molecule has 0 aliphatic heterocycles. The fourth-order valence-electron chi connectivity index (χ4n) is 4.26. The van der Waals surface area contributed by atoms with Gasteiger partial charge in [0.25, 0.3) is 0 Å². The van der Waals surface area contributed by atoms with E-state index >= 15 is 0 Å². The second-order valence-corrected chi connectivity index (χ2v) is 11.2. The van der Waals surface area contributed by atoms with Gasteiger partial charge in [-0.1, -0.05) is 60.7 Å². The van der Waals surface area contributed by atoms with E-state index in [1.54, 1.807) is 0 Å². The summed E-state index contributed by atoms with van der Waals surface area (Å²) >= 11 is 0. The number of nitrogens with zero attached hydrogens (tertiary/aromatic N) is 1. The van der Waals surface area contributed by atoms with Crippen LogP contribution < -0.4 is 32.9 Å². The van der Waals surface area contributed by atoms with Crippen molar-refractivity contribution in [3.63, 3.8) is 0 Å². The normalized spacial score (nSPS) is 11.2. The van der Waals surface area contributed by atoms with Crippen molar-refractivity contribution in [3.05, 3.63) is 133 Å². The van der Waals surface area contributed by atoms with Gasteiger partial charge in [0.05, 0.1) is 11.2 Å². The molecule has 1 nitrogen and oxygen atoms in total. The van der Waals surface area contributed by atoms with Crippen LogP contribution in [0.5, 0.6) is 0 Å². The average molecular weight is 520 g/mol. The lowest BCUT2D eigenvalue weighted by Gasteiger charge is -2.27. The Balaban J connectivity index is 0.00000259. The van der Waals surface area contributed by atoms with Gasteiger partial charge in [-0.2, -0.15) is 0 Å². The lowest BCUT2D eigenvalue weighted by Crippen LogP contribution is -3.00. The minimum absolute atomic E-state index is 0. The molecule has 0 saturated heterocycles. The molecule has 0 saturated carbocycles. The standard InChI is InChI=1S/C28H21F2NP.BrH/c29-26-18-21-16-17-22(31-28(21)19-27(26)30)20-32(23-10-4-1-5-11-23,24-12-6-2-7-13-24)25-14-8-3-9-15-25;/h1-19H,20H2;1H/q+1;/p-1. The quantitative estimate of drug-likeness (QED) is 0.325. The molecular weight excluding hydrogens is 499 g/mol. The van der Waals surface area contributed by atoms with E-state index in [0.717, 1.165) is 5.69 Å². The SMILES string of the molecule is Fc1cc2ccc(C[P+](c3ccccc3)(c3ccccc3)c3ccccc3)nc2cc1F.[Br-]. The van der Waals surface area contributed by atoms with Crippen molar-refractivity contribution in [2.24, 2.45) is 0 Å². The highest BCUT2D eigenvalue weighted by Crippen LogP contribution is 2.57. The largest absolute Gasteiger partial charge is 1.00 e. The van der Waals surface area contributed by atoms with E-state index in [1.807, 2.05) is 30.3 Å². The van der Waals surface area contributed by atoms with Gasteiger partial charge in [0, 0.05) is 11.5 Å². The Morgan fingerprint density at radius 3 is 1.52 bits per heavy atom. The van der Waals surface area contributed by atoms with Crippen LogP contribution in [0.15, 0.2) is 115 Å². The lowest BCUT2D eigenvalue weighted by atomic mass is 10.2. The number of halogens is 3. The zero-order valence-electron chi connectivity index (χ0n) is 17.7. The zero-order chi connectivity index (χ0) is 22.0. The molecule has 0 N–H and O–H groups in total. The Labute approximate surface area is 203 Å². The Kier molecular flexibility index (Phi) is 6.97. The first kappa shape index (κ1) is 23.2. The van der Waals surface area contributed by atoms with E-state index in [2.05, 4.69) is 72.8 Å². The maximum absolute atomic E-state index is 13.9. The summed E-state index contributed by atoms with van der Waals surface area (Å²) in [4.78, 5) is 4.76. The van der Waals surface area contributed by atoms with Crippen LogP contribution in [-0.4, -0.2) is 4.98 Å². The van der Waals surface area contributed by atoms with E-state index in [0.29, 0.717) is 17.1 Å². The Morgan fingerprint density at radius 1 is 0.576 bits per heavy atom. The van der Waals surface area contributed by atoms with Gasteiger partial charge in [-0.15, -0.1) is 0 Å². The van der Waals surface area contributed by atoms with Crippen molar-refractivity contribution in [3.8, 4) is 0 Å². The van der Waals surface area contributed by atoms with Crippen LogP contribution >= 0.6 is 7.26 Å². The molecule has 164 valence electrons. The summed E-state index contributed by atoms with van der Waals surface area (Å²) in [6.07, 6.45) is 0.681. The number of pyridine rings is 1. The first-order chi connectivity index (χ1) is 15.7. The first-order valence-corrected chi connectivity index (χ1v) is 12.4. The minimum Gasteiger partial charge on any atom is -1.00 e. The van der Waals surface area contributed by atoms with Crippen molar-refractivity contribution in [1.82, 2.24) is 4.98 Å². The van der Waals surface area contributed by atoms with E-state index < -0.39 is 18.9 Å².